The van der Waals surface area contributed by atoms with Crippen LogP contribution in [0.1, 0.15) is 25.0 Å². The van der Waals surface area contributed by atoms with Crippen molar-refractivity contribution in [2.75, 3.05) is 32.1 Å². The number of hydrogen-bond donors (Lipinski definition) is 0. The van der Waals surface area contributed by atoms with Gasteiger partial charge >= 0.3 is 6.18 Å². The van der Waals surface area contributed by atoms with Gasteiger partial charge in [0, 0.05) is 25.3 Å². The van der Waals surface area contributed by atoms with Crippen LogP contribution in [0, 0.1) is 0 Å². The van der Waals surface area contributed by atoms with Gasteiger partial charge < -0.3 is 9.80 Å². The minimum atomic E-state index is -4.43. The topological polar surface area (TPSA) is 32.3 Å². The fourth-order valence-corrected chi connectivity index (χ4v) is 2.38. The van der Waals surface area contributed by atoms with Gasteiger partial charge in [0.1, 0.15) is 5.69 Å². The summed E-state index contributed by atoms with van der Waals surface area (Å²) in [4.78, 5) is 11.6. The molecule has 0 saturated carbocycles. The lowest BCUT2D eigenvalue weighted by atomic mass is 10.1. The molecule has 1 aromatic heterocycles. The first kappa shape index (κ1) is 15.0. The van der Waals surface area contributed by atoms with E-state index in [1.165, 1.54) is 6.20 Å². The van der Waals surface area contributed by atoms with Gasteiger partial charge in [-0.15, -0.1) is 0 Å². The van der Waals surface area contributed by atoms with Crippen molar-refractivity contribution in [3.05, 3.63) is 18.0 Å². The van der Waals surface area contributed by atoms with Gasteiger partial charge in [-0.1, -0.05) is 6.42 Å². The van der Waals surface area contributed by atoms with Crippen molar-refractivity contribution in [3.63, 3.8) is 0 Å². The lowest BCUT2D eigenvalue weighted by Crippen LogP contribution is -2.39. The Bertz CT molecular complexity index is 447. The molecule has 0 spiro atoms. The molecule has 0 aromatic carbocycles. The maximum Gasteiger partial charge on any atom is 0.433 e. The predicted molar refractivity (Wildman–Crippen MR) is 70.6 cm³/mol. The highest BCUT2D eigenvalue weighted by atomic mass is 19.4. The maximum absolute atomic E-state index is 12.7. The van der Waals surface area contributed by atoms with Crippen LogP contribution in [0.5, 0.6) is 0 Å². The second-order valence-corrected chi connectivity index (χ2v) is 5.30. The van der Waals surface area contributed by atoms with Crippen molar-refractivity contribution in [2.45, 2.75) is 31.5 Å². The van der Waals surface area contributed by atoms with Crippen molar-refractivity contribution >= 4 is 5.95 Å². The molecule has 1 aliphatic rings. The van der Waals surface area contributed by atoms with Crippen molar-refractivity contribution in [1.29, 1.82) is 0 Å². The number of aromatic nitrogens is 2. The van der Waals surface area contributed by atoms with Crippen LogP contribution in [0.15, 0.2) is 12.3 Å². The van der Waals surface area contributed by atoms with E-state index in [4.69, 9.17) is 0 Å². The van der Waals surface area contributed by atoms with E-state index in [1.807, 2.05) is 19.0 Å². The van der Waals surface area contributed by atoms with E-state index >= 15 is 0 Å². The molecule has 2 heterocycles. The van der Waals surface area contributed by atoms with Gasteiger partial charge in [0.05, 0.1) is 0 Å². The fourth-order valence-electron chi connectivity index (χ4n) is 2.38. The first-order valence-corrected chi connectivity index (χ1v) is 6.69. The van der Waals surface area contributed by atoms with E-state index in [-0.39, 0.29) is 5.95 Å². The number of likely N-dealkylation sites (N-methyl/N-ethyl adjacent to an activating group) is 1. The molecule has 2 rings (SSSR count). The monoisotopic (exact) mass is 288 g/mol. The molecule has 1 aromatic rings. The van der Waals surface area contributed by atoms with Gasteiger partial charge in [0.15, 0.2) is 0 Å². The van der Waals surface area contributed by atoms with Crippen LogP contribution in [-0.4, -0.2) is 48.1 Å². The number of hydrogen-bond acceptors (Lipinski definition) is 4. The summed E-state index contributed by atoms with van der Waals surface area (Å²) >= 11 is 0. The molecule has 0 unspecified atom stereocenters. The average Bonchev–Trinajstić information content (AvgIpc) is 2.63. The van der Waals surface area contributed by atoms with Crippen molar-refractivity contribution in [3.8, 4) is 0 Å². The minimum absolute atomic E-state index is 0.175. The summed E-state index contributed by atoms with van der Waals surface area (Å²) in [5, 5.41) is 0. The van der Waals surface area contributed by atoms with Crippen molar-refractivity contribution in [2.24, 2.45) is 0 Å². The molecule has 0 amide bonds. The molecule has 4 nitrogen and oxygen atoms in total. The zero-order valence-electron chi connectivity index (χ0n) is 11.7. The molecular weight excluding hydrogens is 269 g/mol. The zero-order chi connectivity index (χ0) is 14.8. The summed E-state index contributed by atoms with van der Waals surface area (Å²) in [6.45, 7) is 1.36. The molecule has 0 radical (unpaired) electrons. The Balaban J connectivity index is 2.21. The van der Waals surface area contributed by atoms with Crippen LogP contribution in [0.3, 0.4) is 0 Å². The summed E-state index contributed by atoms with van der Waals surface area (Å²) in [6.07, 6.45) is -0.185. The zero-order valence-corrected chi connectivity index (χ0v) is 11.7. The van der Waals surface area contributed by atoms with Gasteiger partial charge in [0.2, 0.25) is 5.95 Å². The predicted octanol–water partition coefficient (Wildman–Crippen LogP) is 2.42. The largest absolute Gasteiger partial charge is 0.433 e. The van der Waals surface area contributed by atoms with Crippen LogP contribution in [0.4, 0.5) is 19.1 Å². The van der Waals surface area contributed by atoms with Crippen molar-refractivity contribution < 1.29 is 13.2 Å². The van der Waals surface area contributed by atoms with Crippen LogP contribution in [-0.2, 0) is 6.18 Å². The fraction of sp³-hybridized carbons (Fsp3) is 0.692. The Morgan fingerprint density at radius 1 is 1.30 bits per heavy atom. The normalized spacial score (nSPS) is 21.1. The quantitative estimate of drug-likeness (QED) is 0.836. The maximum atomic E-state index is 12.7. The molecule has 0 N–H and O–H groups in total. The number of nitrogens with zero attached hydrogens (tertiary/aromatic N) is 4. The summed E-state index contributed by atoms with van der Waals surface area (Å²) in [7, 11) is 3.97. The number of rotatable bonds is 2. The first-order valence-electron chi connectivity index (χ1n) is 6.69. The summed E-state index contributed by atoms with van der Waals surface area (Å²) in [6, 6.07) is 1.22. The Morgan fingerprint density at radius 3 is 2.70 bits per heavy atom. The number of anilines is 1. The minimum Gasteiger partial charge on any atom is -0.339 e. The SMILES string of the molecule is CN(C)[C@H]1CCCCN(c2nccc(C(F)(F)F)n2)C1. The second-order valence-electron chi connectivity index (χ2n) is 5.30. The molecular formula is C13H19F3N4. The molecule has 1 atom stereocenters. The van der Waals surface area contributed by atoms with Crippen LogP contribution in [0.25, 0.3) is 0 Å². The van der Waals surface area contributed by atoms with Gasteiger partial charge in [-0.3, -0.25) is 0 Å². The third-order valence-corrected chi connectivity index (χ3v) is 3.59. The van der Waals surface area contributed by atoms with E-state index in [9.17, 15) is 13.2 Å². The summed E-state index contributed by atoms with van der Waals surface area (Å²) < 4.78 is 38.1. The average molecular weight is 288 g/mol. The standard InChI is InChI=1S/C13H19F3N4/c1-19(2)10-5-3-4-8-20(9-10)12-17-7-6-11(18-12)13(14,15)16/h6-7,10H,3-5,8-9H2,1-2H3/t10-/m0/s1. The van der Waals surface area contributed by atoms with Gasteiger partial charge in [-0.2, -0.15) is 13.2 Å². The van der Waals surface area contributed by atoms with E-state index in [2.05, 4.69) is 14.9 Å². The van der Waals surface area contributed by atoms with E-state index < -0.39 is 11.9 Å². The van der Waals surface area contributed by atoms with E-state index in [1.54, 1.807) is 0 Å². The smallest absolute Gasteiger partial charge is 0.339 e. The summed E-state index contributed by atoms with van der Waals surface area (Å²) in [5.41, 5.74) is -0.881. The Labute approximate surface area is 116 Å². The molecule has 1 fully saturated rings. The molecule has 0 aliphatic carbocycles. The molecule has 112 valence electrons. The molecule has 1 saturated heterocycles. The van der Waals surface area contributed by atoms with E-state index in [0.29, 0.717) is 19.1 Å². The molecule has 20 heavy (non-hydrogen) atoms. The highest BCUT2D eigenvalue weighted by Gasteiger charge is 2.33. The van der Waals surface area contributed by atoms with Gasteiger partial charge in [0.25, 0.3) is 0 Å². The Morgan fingerprint density at radius 2 is 2.05 bits per heavy atom. The highest BCUT2D eigenvalue weighted by Crippen LogP contribution is 2.28. The van der Waals surface area contributed by atoms with Gasteiger partial charge in [-0.25, -0.2) is 9.97 Å². The highest BCUT2D eigenvalue weighted by molar-refractivity contribution is 5.31. The van der Waals surface area contributed by atoms with Crippen LogP contribution >= 0.6 is 0 Å². The third kappa shape index (κ3) is 3.59. The first-order chi connectivity index (χ1) is 9.38. The molecule has 7 heteroatoms. The lowest BCUT2D eigenvalue weighted by Gasteiger charge is -2.28. The van der Waals surface area contributed by atoms with Gasteiger partial charge in [-0.05, 0) is 33.0 Å². The third-order valence-electron chi connectivity index (χ3n) is 3.59. The van der Waals surface area contributed by atoms with Crippen LogP contribution < -0.4 is 4.90 Å². The van der Waals surface area contributed by atoms with E-state index in [0.717, 1.165) is 25.3 Å². The lowest BCUT2D eigenvalue weighted by molar-refractivity contribution is -0.141. The number of alkyl halides is 3. The Hall–Kier alpha value is -1.37. The molecule has 1 aliphatic heterocycles. The van der Waals surface area contributed by atoms with Crippen LogP contribution in [0.2, 0.25) is 0 Å². The molecule has 0 bridgehead atoms. The summed E-state index contributed by atoms with van der Waals surface area (Å²) in [5.74, 6) is 0.175. The van der Waals surface area contributed by atoms with Crippen molar-refractivity contribution in [1.82, 2.24) is 14.9 Å². The second kappa shape index (κ2) is 5.95. The number of halogens is 3. The Kier molecular flexibility index (Phi) is 4.47.